The van der Waals surface area contributed by atoms with Crippen molar-refractivity contribution in [1.29, 1.82) is 0 Å². The van der Waals surface area contributed by atoms with Crippen molar-refractivity contribution < 1.29 is 36.8 Å². The van der Waals surface area contributed by atoms with Crippen LogP contribution < -0.4 is 33.7 Å². The summed E-state index contributed by atoms with van der Waals surface area (Å²) in [5.41, 5.74) is 0.826. The van der Waals surface area contributed by atoms with E-state index < -0.39 is 10.0 Å². The Morgan fingerprint density at radius 3 is 2.11 bits per heavy atom. The first-order chi connectivity index (χ1) is 22.0. The molecule has 0 bridgehead atoms. The Labute approximate surface area is 268 Å². The van der Waals surface area contributed by atoms with E-state index in [9.17, 15) is 8.42 Å². The molecule has 4 aromatic rings. The Balaban J connectivity index is 1.70. The predicted octanol–water partition coefficient (Wildman–Crippen LogP) is 4.69. The summed E-state index contributed by atoms with van der Waals surface area (Å²) in [6.07, 6.45) is 2.94. The van der Waals surface area contributed by atoms with Gasteiger partial charge in [-0.15, -0.1) is 0 Å². The lowest BCUT2D eigenvalue weighted by atomic mass is 9.87. The number of ether oxygens (including phenoxy) is 6. The van der Waals surface area contributed by atoms with Gasteiger partial charge < -0.3 is 33.7 Å². The monoisotopic (exact) mass is 654 g/mol. The molecule has 0 aliphatic carbocycles. The van der Waals surface area contributed by atoms with Gasteiger partial charge in [-0.1, -0.05) is 45.0 Å². The fraction of sp³-hybridized carbons (Fsp3) is 0.355. The predicted molar refractivity (Wildman–Crippen MR) is 171 cm³/mol. The Kier molecular flexibility index (Phi) is 11.4. The zero-order valence-corrected chi connectivity index (χ0v) is 27.4. The highest BCUT2D eigenvalue weighted by molar-refractivity contribution is 7.92. The topological polar surface area (TPSA) is 165 Å². The lowest BCUT2D eigenvalue weighted by molar-refractivity contribution is 0.196. The lowest BCUT2D eigenvalue weighted by Gasteiger charge is -2.20. The highest BCUT2D eigenvalue weighted by Crippen LogP contribution is 2.41. The molecule has 2 aromatic heterocycles. The van der Waals surface area contributed by atoms with Gasteiger partial charge in [0.05, 0.1) is 38.1 Å². The average Bonchev–Trinajstić information content (AvgIpc) is 3.04. The molecular formula is C31H38N6O8S. The summed E-state index contributed by atoms with van der Waals surface area (Å²) in [5.74, 6) is 0.878. The number of nitrogens with zero attached hydrogens (tertiary/aromatic N) is 4. The molecule has 14 nitrogen and oxygen atoms in total. The number of hydrogen-bond acceptors (Lipinski definition) is 13. The van der Waals surface area contributed by atoms with Gasteiger partial charge in [-0.2, -0.15) is 19.9 Å². The van der Waals surface area contributed by atoms with Crippen LogP contribution >= 0.6 is 0 Å². The largest absolute Gasteiger partial charge is 0.494 e. The Hall–Kier alpha value is -4.89. The Morgan fingerprint density at radius 1 is 0.804 bits per heavy atom. The quantitative estimate of drug-likeness (QED) is 0.160. The van der Waals surface area contributed by atoms with Gasteiger partial charge in [-0.3, -0.25) is 4.72 Å². The molecule has 2 N–H and O–H groups in total. The normalized spacial score (nSPS) is 11.4. The van der Waals surface area contributed by atoms with Gasteiger partial charge in [0.15, 0.2) is 23.1 Å². The van der Waals surface area contributed by atoms with Crippen LogP contribution in [0.15, 0.2) is 65.8 Å². The van der Waals surface area contributed by atoms with E-state index in [4.69, 9.17) is 28.4 Å². The second kappa shape index (κ2) is 15.4. The highest BCUT2D eigenvalue weighted by Gasteiger charge is 2.25. The molecule has 0 radical (unpaired) electrons. The van der Waals surface area contributed by atoms with E-state index in [1.165, 1.54) is 26.6 Å². The van der Waals surface area contributed by atoms with Crippen LogP contribution in [0.1, 0.15) is 26.3 Å². The van der Waals surface area contributed by atoms with Crippen LogP contribution in [0.4, 0.5) is 11.8 Å². The molecule has 0 spiro atoms. The van der Waals surface area contributed by atoms with Crippen molar-refractivity contribution in [3.05, 3.63) is 66.5 Å². The number of para-hydroxylation sites is 2. The van der Waals surface area contributed by atoms with Crippen molar-refractivity contribution >= 4 is 21.8 Å². The molecular weight excluding hydrogens is 616 g/mol. The van der Waals surface area contributed by atoms with Crippen molar-refractivity contribution in [2.45, 2.75) is 31.1 Å². The first kappa shape index (κ1) is 34.0. The second-order valence-corrected chi connectivity index (χ2v) is 12.4. The van der Waals surface area contributed by atoms with Gasteiger partial charge in [-0.25, -0.2) is 8.42 Å². The number of anilines is 2. The molecule has 246 valence electrons. The molecule has 2 heterocycles. The third kappa shape index (κ3) is 9.08. The van der Waals surface area contributed by atoms with E-state index in [0.29, 0.717) is 24.7 Å². The maximum absolute atomic E-state index is 13.7. The molecule has 0 atom stereocenters. The summed E-state index contributed by atoms with van der Waals surface area (Å²) in [6, 6.07) is 13.6. The van der Waals surface area contributed by atoms with Gasteiger partial charge in [-0.05, 0) is 35.2 Å². The third-order valence-electron chi connectivity index (χ3n) is 6.36. The van der Waals surface area contributed by atoms with Crippen molar-refractivity contribution in [3.8, 4) is 34.9 Å². The summed E-state index contributed by atoms with van der Waals surface area (Å²) < 4.78 is 63.3. The molecule has 0 aliphatic heterocycles. The number of nitrogens with one attached hydrogen (secondary N) is 2. The fourth-order valence-electron chi connectivity index (χ4n) is 3.92. The number of hydrogen-bond donors (Lipinski definition) is 2. The van der Waals surface area contributed by atoms with Crippen molar-refractivity contribution in [1.82, 2.24) is 19.9 Å². The van der Waals surface area contributed by atoms with Crippen LogP contribution in [0.5, 0.6) is 34.9 Å². The third-order valence-corrected chi connectivity index (χ3v) is 7.71. The van der Waals surface area contributed by atoms with Gasteiger partial charge in [0, 0.05) is 13.7 Å². The summed E-state index contributed by atoms with van der Waals surface area (Å²) in [4.78, 5) is 17.1. The zero-order chi connectivity index (χ0) is 33.2. The molecule has 0 saturated carbocycles. The minimum atomic E-state index is -4.14. The van der Waals surface area contributed by atoms with E-state index in [0.717, 1.165) is 5.56 Å². The minimum Gasteiger partial charge on any atom is -0.494 e. The molecule has 0 fully saturated rings. The lowest BCUT2D eigenvalue weighted by Crippen LogP contribution is -2.19. The van der Waals surface area contributed by atoms with Gasteiger partial charge in [0.2, 0.25) is 11.7 Å². The van der Waals surface area contributed by atoms with E-state index in [1.54, 1.807) is 55.6 Å². The number of benzene rings is 2. The number of methoxy groups -OCH3 is 3. The molecule has 0 amide bonds. The van der Waals surface area contributed by atoms with Crippen LogP contribution in [0.3, 0.4) is 0 Å². The van der Waals surface area contributed by atoms with Crippen LogP contribution in [0.25, 0.3) is 0 Å². The second-order valence-electron chi connectivity index (χ2n) is 10.7. The van der Waals surface area contributed by atoms with Crippen molar-refractivity contribution in [3.63, 3.8) is 0 Å². The maximum atomic E-state index is 13.7. The number of aromatic nitrogens is 4. The molecule has 2 aromatic carbocycles. The number of sulfonamides is 1. The van der Waals surface area contributed by atoms with Gasteiger partial charge in [0.1, 0.15) is 13.2 Å². The molecule has 4 rings (SSSR count). The molecule has 15 heteroatoms. The Morgan fingerprint density at radius 2 is 1.48 bits per heavy atom. The van der Waals surface area contributed by atoms with Gasteiger partial charge in [0.25, 0.3) is 15.9 Å². The van der Waals surface area contributed by atoms with Gasteiger partial charge >= 0.3 is 6.01 Å². The summed E-state index contributed by atoms with van der Waals surface area (Å²) >= 11 is 0. The van der Waals surface area contributed by atoms with E-state index in [-0.39, 0.29) is 58.7 Å². The van der Waals surface area contributed by atoms with Crippen LogP contribution in [-0.2, 0) is 20.2 Å². The average molecular weight is 655 g/mol. The maximum Gasteiger partial charge on any atom is 0.316 e. The van der Waals surface area contributed by atoms with Crippen LogP contribution in [-0.4, -0.2) is 76.0 Å². The van der Waals surface area contributed by atoms with Crippen molar-refractivity contribution in [2.24, 2.45) is 0 Å². The number of rotatable bonds is 16. The fourth-order valence-corrected chi connectivity index (χ4v) is 4.93. The summed E-state index contributed by atoms with van der Waals surface area (Å²) in [6.45, 7) is 6.81. The minimum absolute atomic E-state index is 0.0258. The molecule has 0 unspecified atom stereocenters. The van der Waals surface area contributed by atoms with E-state index in [1.807, 2.05) is 20.8 Å². The highest BCUT2D eigenvalue weighted by atomic mass is 32.2. The van der Waals surface area contributed by atoms with Crippen molar-refractivity contribution in [2.75, 3.05) is 57.7 Å². The van der Waals surface area contributed by atoms with Crippen LogP contribution in [0, 0.1) is 0 Å². The van der Waals surface area contributed by atoms with Crippen LogP contribution in [0.2, 0.25) is 0 Å². The van der Waals surface area contributed by atoms with E-state index >= 15 is 0 Å². The summed E-state index contributed by atoms with van der Waals surface area (Å²) in [5, 5.41) is 3.01. The molecule has 0 saturated heterocycles. The smallest absolute Gasteiger partial charge is 0.316 e. The zero-order valence-electron chi connectivity index (χ0n) is 26.6. The Bertz CT molecular complexity index is 1680. The SMILES string of the molecule is COCCNc1nc(NS(=O)(=O)c2ccc(C(C)(C)C)cc2)c(Oc2ccccc2OC)c(OCCOc2ncc(OC)cn2)n1. The first-order valence-electron chi connectivity index (χ1n) is 14.2. The standard InChI is InChI=1S/C31H38N6O8S/c1-31(2,3)21-11-13-23(14-12-21)46(38,39)37-27-26(45-25-10-8-7-9-24(25)42-6)28(36-29(35-27)32-15-16-40-4)43-17-18-44-30-33-19-22(41-5)20-34-30/h7-14,19-20H,15-18H2,1-6H3,(H2,32,35,36,37). The first-order valence-corrected chi connectivity index (χ1v) is 15.7. The summed E-state index contributed by atoms with van der Waals surface area (Å²) in [7, 11) is 0.408. The van der Waals surface area contributed by atoms with E-state index in [2.05, 4.69) is 30.0 Å². The molecule has 0 aliphatic rings. The molecule has 46 heavy (non-hydrogen) atoms.